The summed E-state index contributed by atoms with van der Waals surface area (Å²) in [4.78, 5) is 12.7. The first-order valence-corrected chi connectivity index (χ1v) is 11.7. The van der Waals surface area contributed by atoms with Crippen LogP contribution in [0.4, 0.5) is 5.69 Å². The molecule has 4 rings (SSSR count). The molecular weight excluding hydrogens is 416 g/mol. The Hall–Kier alpha value is -3.26. The fraction of sp³-hybridized carbons (Fsp3) is 0.261. The van der Waals surface area contributed by atoms with Gasteiger partial charge in [0.2, 0.25) is 10.0 Å². The topological polar surface area (TPSA) is 84.9 Å². The highest BCUT2D eigenvalue weighted by Gasteiger charge is 2.35. The van der Waals surface area contributed by atoms with Crippen LogP contribution in [0.15, 0.2) is 66.7 Å². The average molecular weight is 441 g/mol. The van der Waals surface area contributed by atoms with E-state index in [0.717, 1.165) is 16.5 Å². The maximum absolute atomic E-state index is 12.7. The fourth-order valence-electron chi connectivity index (χ4n) is 3.53. The molecule has 3 aromatic carbocycles. The van der Waals surface area contributed by atoms with Gasteiger partial charge in [0, 0.05) is 5.39 Å². The van der Waals surface area contributed by atoms with E-state index in [1.165, 1.54) is 4.31 Å². The van der Waals surface area contributed by atoms with Crippen LogP contribution in [0.2, 0.25) is 0 Å². The summed E-state index contributed by atoms with van der Waals surface area (Å²) in [6, 6.07) is 20.6. The summed E-state index contributed by atoms with van der Waals surface area (Å²) in [6.07, 6.45) is -0.936. The van der Waals surface area contributed by atoms with Crippen molar-refractivity contribution in [2.45, 2.75) is 13.0 Å². The molecule has 1 heterocycles. The van der Waals surface area contributed by atoms with Gasteiger partial charge in [0.05, 0.1) is 24.5 Å². The molecule has 0 saturated carbocycles. The van der Waals surface area contributed by atoms with Gasteiger partial charge in [0.1, 0.15) is 18.1 Å². The number of hydrogen-bond donors (Lipinski definition) is 1. The molecule has 162 valence electrons. The molecule has 0 spiro atoms. The van der Waals surface area contributed by atoms with E-state index >= 15 is 0 Å². The van der Waals surface area contributed by atoms with Crippen molar-refractivity contribution >= 4 is 32.4 Å². The molecule has 8 heteroatoms. The number of rotatable bonds is 7. The molecule has 31 heavy (non-hydrogen) atoms. The van der Waals surface area contributed by atoms with Gasteiger partial charge in [-0.25, -0.2) is 8.42 Å². The maximum Gasteiger partial charge on any atom is 0.263 e. The van der Waals surface area contributed by atoms with E-state index in [-0.39, 0.29) is 31.4 Å². The Kier molecular flexibility index (Phi) is 5.99. The monoisotopic (exact) mass is 440 g/mol. The number of benzene rings is 3. The molecule has 1 aliphatic rings. The van der Waals surface area contributed by atoms with Gasteiger partial charge in [0.15, 0.2) is 6.10 Å². The van der Waals surface area contributed by atoms with Crippen LogP contribution in [0.25, 0.3) is 10.8 Å². The largest absolute Gasteiger partial charge is 0.491 e. The lowest BCUT2D eigenvalue weighted by molar-refractivity contribution is -0.127. The third-order valence-electron chi connectivity index (χ3n) is 5.14. The van der Waals surface area contributed by atoms with E-state index in [0.29, 0.717) is 11.4 Å². The lowest BCUT2D eigenvalue weighted by Gasteiger charge is -2.34. The van der Waals surface area contributed by atoms with Gasteiger partial charge >= 0.3 is 0 Å². The number of nitrogens with one attached hydrogen (secondary N) is 1. The van der Waals surface area contributed by atoms with Crippen LogP contribution < -0.4 is 19.1 Å². The van der Waals surface area contributed by atoms with Gasteiger partial charge in [-0.2, -0.15) is 0 Å². The smallest absolute Gasteiger partial charge is 0.263 e. The molecule has 0 unspecified atom stereocenters. The van der Waals surface area contributed by atoms with E-state index in [1.54, 1.807) is 31.2 Å². The summed E-state index contributed by atoms with van der Waals surface area (Å²) in [6.45, 7) is 2.06. The Bertz CT molecular complexity index is 1190. The van der Waals surface area contributed by atoms with Crippen molar-refractivity contribution in [3.63, 3.8) is 0 Å². The lowest BCUT2D eigenvalue weighted by Crippen LogP contribution is -2.51. The van der Waals surface area contributed by atoms with Crippen LogP contribution in [0.1, 0.15) is 6.92 Å². The van der Waals surface area contributed by atoms with Crippen LogP contribution >= 0.6 is 0 Å². The Morgan fingerprint density at radius 1 is 1.10 bits per heavy atom. The number of carbonyl (C=O) groups excluding carboxylic acids is 1. The molecule has 3 aromatic rings. The van der Waals surface area contributed by atoms with E-state index in [2.05, 4.69) is 5.32 Å². The Morgan fingerprint density at radius 2 is 1.84 bits per heavy atom. The van der Waals surface area contributed by atoms with Crippen molar-refractivity contribution < 1.29 is 22.7 Å². The van der Waals surface area contributed by atoms with E-state index < -0.39 is 16.1 Å². The molecule has 1 aliphatic heterocycles. The van der Waals surface area contributed by atoms with Crippen LogP contribution in [-0.2, 0) is 14.8 Å². The summed E-state index contributed by atoms with van der Waals surface area (Å²) in [5.74, 6) is 0.676. The van der Waals surface area contributed by atoms with E-state index in [9.17, 15) is 13.2 Å². The van der Waals surface area contributed by atoms with Gasteiger partial charge in [-0.05, 0) is 30.5 Å². The molecule has 1 N–H and O–H groups in total. The summed E-state index contributed by atoms with van der Waals surface area (Å²) < 4.78 is 37.9. The van der Waals surface area contributed by atoms with Gasteiger partial charge in [-0.3, -0.25) is 9.10 Å². The molecule has 0 bridgehead atoms. The molecule has 0 aliphatic carbocycles. The predicted molar refractivity (Wildman–Crippen MR) is 120 cm³/mol. The number of fused-ring (bicyclic) bond motifs is 2. The second kappa shape index (κ2) is 8.85. The summed E-state index contributed by atoms with van der Waals surface area (Å²) in [5, 5.41) is 4.86. The SMILES string of the molecule is CCS(=O)(=O)N1C[C@@H](C(=O)NCCOc2cccc3ccccc23)Oc2ccccc21. The minimum absolute atomic E-state index is 0.0610. The zero-order chi connectivity index (χ0) is 21.8. The van der Waals surface area contributed by atoms with Crippen LogP contribution in [0.3, 0.4) is 0 Å². The molecule has 0 saturated heterocycles. The standard InChI is InChI=1S/C23H24N2O5S/c1-2-31(27,28)25-16-22(30-21-12-6-5-11-19(21)25)23(26)24-14-15-29-20-13-7-9-17-8-3-4-10-18(17)20/h3-13,22H,2,14-16H2,1H3,(H,24,26)/t22-/m0/s1. The first-order valence-electron chi connectivity index (χ1n) is 10.1. The second-order valence-corrected chi connectivity index (χ2v) is 9.30. The molecule has 0 aromatic heterocycles. The van der Waals surface area contributed by atoms with Crippen molar-refractivity contribution in [3.8, 4) is 11.5 Å². The minimum atomic E-state index is -3.53. The van der Waals surface area contributed by atoms with Crippen molar-refractivity contribution in [2.24, 2.45) is 0 Å². The van der Waals surface area contributed by atoms with Crippen LogP contribution in [0.5, 0.6) is 11.5 Å². The molecule has 1 amide bonds. The van der Waals surface area contributed by atoms with Crippen molar-refractivity contribution in [1.29, 1.82) is 0 Å². The number of amides is 1. The number of anilines is 1. The highest BCUT2D eigenvalue weighted by Crippen LogP contribution is 2.35. The van der Waals surface area contributed by atoms with Gasteiger partial charge in [-0.1, -0.05) is 48.5 Å². The quantitative estimate of drug-likeness (QED) is 0.571. The third-order valence-corrected chi connectivity index (χ3v) is 6.88. The first-order chi connectivity index (χ1) is 15.0. The van der Waals surface area contributed by atoms with E-state index in [4.69, 9.17) is 9.47 Å². The molecule has 1 atom stereocenters. The highest BCUT2D eigenvalue weighted by molar-refractivity contribution is 7.92. The normalized spacial score (nSPS) is 15.8. The van der Waals surface area contributed by atoms with Gasteiger partial charge in [0.25, 0.3) is 5.91 Å². The first kappa shape index (κ1) is 21.0. The second-order valence-electron chi connectivity index (χ2n) is 7.12. The molecule has 7 nitrogen and oxygen atoms in total. The number of sulfonamides is 1. The Labute approximate surface area is 181 Å². The molecule has 0 radical (unpaired) electrons. The lowest BCUT2D eigenvalue weighted by atomic mass is 10.1. The number of ether oxygens (including phenoxy) is 2. The maximum atomic E-state index is 12.7. The number of nitrogens with zero attached hydrogens (tertiary/aromatic N) is 1. The van der Waals surface area contributed by atoms with Crippen LogP contribution in [0, 0.1) is 0 Å². The van der Waals surface area contributed by atoms with Gasteiger partial charge < -0.3 is 14.8 Å². The zero-order valence-electron chi connectivity index (χ0n) is 17.2. The summed E-state index contributed by atoms with van der Waals surface area (Å²) in [7, 11) is -3.53. The number of hydrogen-bond acceptors (Lipinski definition) is 5. The Balaban J connectivity index is 1.39. The highest BCUT2D eigenvalue weighted by atomic mass is 32.2. The number of para-hydroxylation sites is 2. The van der Waals surface area contributed by atoms with Crippen molar-refractivity contribution in [2.75, 3.05) is 29.8 Å². The predicted octanol–water partition coefficient (Wildman–Crippen LogP) is 2.95. The Morgan fingerprint density at radius 3 is 2.68 bits per heavy atom. The minimum Gasteiger partial charge on any atom is -0.491 e. The van der Waals surface area contributed by atoms with E-state index in [1.807, 2.05) is 42.5 Å². The third kappa shape index (κ3) is 4.44. The fourth-order valence-corrected chi connectivity index (χ4v) is 4.65. The summed E-state index contributed by atoms with van der Waals surface area (Å²) in [5.41, 5.74) is 0.452. The van der Waals surface area contributed by atoms with Gasteiger partial charge in [-0.15, -0.1) is 0 Å². The molecule has 0 fully saturated rings. The van der Waals surface area contributed by atoms with Crippen molar-refractivity contribution in [3.05, 3.63) is 66.7 Å². The summed E-state index contributed by atoms with van der Waals surface area (Å²) >= 11 is 0. The number of carbonyl (C=O) groups is 1. The van der Waals surface area contributed by atoms with Crippen molar-refractivity contribution in [1.82, 2.24) is 5.32 Å². The average Bonchev–Trinajstić information content (AvgIpc) is 2.81. The zero-order valence-corrected chi connectivity index (χ0v) is 18.0. The van der Waals surface area contributed by atoms with Crippen LogP contribution in [-0.4, -0.2) is 45.9 Å². The molecular formula is C23H24N2O5S.